The molecule has 1 amide bonds. The molecule has 1 atom stereocenters. The topological polar surface area (TPSA) is 70.5 Å². The molecule has 0 unspecified atom stereocenters. The normalized spacial score (nSPS) is 15.8. The van der Waals surface area contributed by atoms with Crippen molar-refractivity contribution in [1.82, 2.24) is 20.0 Å². The number of rotatable bonds is 10. The Bertz CT molecular complexity index is 1130. The third kappa shape index (κ3) is 7.02. The molecule has 4 rings (SSSR count). The van der Waals surface area contributed by atoms with Crippen molar-refractivity contribution in [2.24, 2.45) is 5.92 Å². The van der Waals surface area contributed by atoms with Gasteiger partial charge in [0, 0.05) is 38.8 Å². The molecule has 184 valence electrons. The second-order valence-electron chi connectivity index (χ2n) is 9.13. The third-order valence-electron chi connectivity index (χ3n) is 6.61. The summed E-state index contributed by atoms with van der Waals surface area (Å²) in [7, 11) is 0. The second-order valence-corrected chi connectivity index (χ2v) is 9.13. The van der Waals surface area contributed by atoms with E-state index in [1.807, 2.05) is 36.4 Å². The summed E-state index contributed by atoms with van der Waals surface area (Å²) in [5.74, 6) is 0.00976. The number of carbonyl (C=O) groups is 1. The van der Waals surface area contributed by atoms with Gasteiger partial charge in [-0.15, -0.1) is 0 Å². The Kier molecular flexibility index (Phi) is 8.68. The molecule has 0 bridgehead atoms. The number of likely N-dealkylation sites (N-methyl/N-ethyl adjacent to an activating group) is 1. The Labute approximate surface area is 207 Å². The number of benzene rings is 2. The maximum Gasteiger partial charge on any atom is 0.269 e. The summed E-state index contributed by atoms with van der Waals surface area (Å²) in [4.78, 5) is 30.0. The SMILES string of the molecule is CCN(CCNC(=O)[C@@H]1CCCN(c2cnn(Cc3ccccc3)c(=O)c2)C1)Cc1ccccc1. The van der Waals surface area contributed by atoms with Gasteiger partial charge >= 0.3 is 0 Å². The minimum Gasteiger partial charge on any atom is -0.369 e. The number of aromatic nitrogens is 2. The molecule has 7 heteroatoms. The van der Waals surface area contributed by atoms with Gasteiger partial charge in [0.25, 0.3) is 5.56 Å². The lowest BCUT2D eigenvalue weighted by molar-refractivity contribution is -0.125. The first kappa shape index (κ1) is 24.7. The van der Waals surface area contributed by atoms with Crippen LogP contribution in [0.25, 0.3) is 0 Å². The molecule has 2 aromatic carbocycles. The van der Waals surface area contributed by atoms with Gasteiger partial charge in [0.2, 0.25) is 5.91 Å². The van der Waals surface area contributed by atoms with Crippen molar-refractivity contribution >= 4 is 11.6 Å². The molecule has 3 aromatic rings. The predicted octanol–water partition coefficient (Wildman–Crippen LogP) is 3.15. The molecule has 0 radical (unpaired) electrons. The quantitative estimate of drug-likeness (QED) is 0.490. The predicted molar refractivity (Wildman–Crippen MR) is 139 cm³/mol. The van der Waals surface area contributed by atoms with Gasteiger partial charge < -0.3 is 10.2 Å². The Balaban J connectivity index is 1.28. The maximum absolute atomic E-state index is 12.9. The van der Waals surface area contributed by atoms with Crippen LogP contribution in [0.2, 0.25) is 0 Å². The van der Waals surface area contributed by atoms with Crippen molar-refractivity contribution in [3.05, 3.63) is 94.4 Å². The highest BCUT2D eigenvalue weighted by Gasteiger charge is 2.26. The summed E-state index contributed by atoms with van der Waals surface area (Å²) >= 11 is 0. The van der Waals surface area contributed by atoms with Gasteiger partial charge in [0.05, 0.1) is 24.3 Å². The lowest BCUT2D eigenvalue weighted by Gasteiger charge is -2.33. The monoisotopic (exact) mass is 473 g/mol. The summed E-state index contributed by atoms with van der Waals surface area (Å²) in [6, 6.07) is 21.9. The molecule has 0 spiro atoms. The lowest BCUT2D eigenvalue weighted by Crippen LogP contribution is -2.45. The fourth-order valence-electron chi connectivity index (χ4n) is 4.57. The summed E-state index contributed by atoms with van der Waals surface area (Å²) in [5, 5.41) is 7.52. The first-order valence-electron chi connectivity index (χ1n) is 12.5. The van der Waals surface area contributed by atoms with Crippen molar-refractivity contribution < 1.29 is 4.79 Å². The number of hydrogen-bond donors (Lipinski definition) is 1. The van der Waals surface area contributed by atoms with Crippen LogP contribution in [0.15, 0.2) is 77.7 Å². The first-order valence-corrected chi connectivity index (χ1v) is 12.5. The van der Waals surface area contributed by atoms with Crippen LogP contribution in [0.3, 0.4) is 0 Å². The average Bonchev–Trinajstić information content (AvgIpc) is 2.90. The van der Waals surface area contributed by atoms with Gasteiger partial charge in [-0.3, -0.25) is 14.5 Å². The average molecular weight is 474 g/mol. The van der Waals surface area contributed by atoms with Crippen molar-refractivity contribution in [2.45, 2.75) is 32.9 Å². The molecule has 1 aromatic heterocycles. The van der Waals surface area contributed by atoms with Crippen molar-refractivity contribution in [2.75, 3.05) is 37.6 Å². The number of amides is 1. The summed E-state index contributed by atoms with van der Waals surface area (Å²) in [6.07, 6.45) is 3.52. The molecule has 1 saturated heterocycles. The van der Waals surface area contributed by atoms with Crippen LogP contribution in [0, 0.1) is 5.92 Å². The minimum atomic E-state index is -0.129. The molecule has 1 N–H and O–H groups in total. The standard InChI is InChI=1S/C28H35N5O2/c1-2-31(20-23-10-5-3-6-11-23)17-15-29-28(35)25-14-9-16-32(22-25)26-18-27(34)33(30-19-26)21-24-12-7-4-8-13-24/h3-8,10-13,18-19,25H,2,9,14-17,20-22H2,1H3,(H,29,35)/t25-/m1/s1. The highest BCUT2D eigenvalue weighted by atomic mass is 16.2. The van der Waals surface area contributed by atoms with Crippen LogP contribution in [-0.2, 0) is 17.9 Å². The van der Waals surface area contributed by atoms with E-state index in [2.05, 4.69) is 51.4 Å². The second kappa shape index (κ2) is 12.3. The maximum atomic E-state index is 12.9. The van der Waals surface area contributed by atoms with Crippen LogP contribution in [0.1, 0.15) is 30.9 Å². The minimum absolute atomic E-state index is 0.0836. The van der Waals surface area contributed by atoms with Gasteiger partial charge in [0.1, 0.15) is 0 Å². The summed E-state index contributed by atoms with van der Waals surface area (Å²) in [5.41, 5.74) is 2.98. The van der Waals surface area contributed by atoms with E-state index in [0.29, 0.717) is 19.6 Å². The number of piperidine rings is 1. The third-order valence-corrected chi connectivity index (χ3v) is 6.61. The van der Waals surface area contributed by atoms with Crippen LogP contribution < -0.4 is 15.8 Å². The van der Waals surface area contributed by atoms with Crippen LogP contribution in [0.5, 0.6) is 0 Å². The molecule has 0 aliphatic carbocycles. The first-order chi connectivity index (χ1) is 17.1. The lowest BCUT2D eigenvalue weighted by atomic mass is 9.97. The summed E-state index contributed by atoms with van der Waals surface area (Å²) < 4.78 is 1.47. The molecule has 7 nitrogen and oxygen atoms in total. The Morgan fingerprint density at radius 1 is 1.09 bits per heavy atom. The Hall–Kier alpha value is -3.45. The van der Waals surface area contributed by atoms with Gasteiger partial charge in [-0.2, -0.15) is 5.10 Å². The van der Waals surface area contributed by atoms with E-state index in [9.17, 15) is 9.59 Å². The van der Waals surface area contributed by atoms with Crippen LogP contribution in [-0.4, -0.2) is 53.3 Å². The van der Waals surface area contributed by atoms with Crippen molar-refractivity contribution in [3.8, 4) is 0 Å². The van der Waals surface area contributed by atoms with Crippen LogP contribution in [0.4, 0.5) is 5.69 Å². The highest BCUT2D eigenvalue weighted by Crippen LogP contribution is 2.22. The smallest absolute Gasteiger partial charge is 0.269 e. The van der Waals surface area contributed by atoms with Crippen LogP contribution >= 0.6 is 0 Å². The molecule has 0 saturated carbocycles. The molecule has 35 heavy (non-hydrogen) atoms. The number of nitrogens with zero attached hydrogens (tertiary/aromatic N) is 4. The molecule has 1 aliphatic heterocycles. The number of nitrogens with one attached hydrogen (secondary N) is 1. The van der Waals surface area contributed by atoms with E-state index >= 15 is 0 Å². The molecular weight excluding hydrogens is 438 g/mol. The van der Waals surface area contributed by atoms with E-state index < -0.39 is 0 Å². The van der Waals surface area contributed by atoms with Gasteiger partial charge in [0.15, 0.2) is 0 Å². The van der Waals surface area contributed by atoms with E-state index in [0.717, 1.165) is 50.3 Å². The Morgan fingerprint density at radius 2 is 1.80 bits per heavy atom. The fraction of sp³-hybridized carbons (Fsp3) is 0.393. The molecular formula is C28H35N5O2. The Morgan fingerprint density at radius 3 is 2.49 bits per heavy atom. The molecule has 2 heterocycles. The number of hydrogen-bond acceptors (Lipinski definition) is 5. The zero-order valence-corrected chi connectivity index (χ0v) is 20.5. The summed E-state index contributed by atoms with van der Waals surface area (Å²) in [6.45, 7) is 7.29. The van der Waals surface area contributed by atoms with E-state index in [4.69, 9.17) is 0 Å². The van der Waals surface area contributed by atoms with Crippen molar-refractivity contribution in [1.29, 1.82) is 0 Å². The fourth-order valence-corrected chi connectivity index (χ4v) is 4.57. The van der Waals surface area contributed by atoms with E-state index in [1.165, 1.54) is 10.2 Å². The van der Waals surface area contributed by atoms with Gasteiger partial charge in [-0.1, -0.05) is 67.6 Å². The molecule has 1 aliphatic rings. The van der Waals surface area contributed by atoms with Crippen molar-refractivity contribution in [3.63, 3.8) is 0 Å². The zero-order chi connectivity index (χ0) is 24.5. The largest absolute Gasteiger partial charge is 0.369 e. The molecule has 1 fully saturated rings. The van der Waals surface area contributed by atoms with Gasteiger partial charge in [-0.25, -0.2) is 4.68 Å². The number of carbonyl (C=O) groups excluding carboxylic acids is 1. The van der Waals surface area contributed by atoms with E-state index in [1.54, 1.807) is 12.3 Å². The van der Waals surface area contributed by atoms with E-state index in [-0.39, 0.29) is 17.4 Å². The zero-order valence-electron chi connectivity index (χ0n) is 20.5. The number of anilines is 1. The highest BCUT2D eigenvalue weighted by molar-refractivity contribution is 5.79. The van der Waals surface area contributed by atoms with Gasteiger partial charge in [-0.05, 0) is 30.5 Å².